The predicted octanol–water partition coefficient (Wildman–Crippen LogP) is -1.60. The van der Waals surface area contributed by atoms with E-state index in [0.717, 1.165) is 13.8 Å². The molecule has 0 atom stereocenters. The number of carboxylic acid groups (broad SMARTS) is 2. The van der Waals surface area contributed by atoms with Crippen molar-refractivity contribution in [2.45, 2.75) is 28.7 Å². The van der Waals surface area contributed by atoms with Gasteiger partial charge in [-0.25, -0.2) is 0 Å². The Labute approximate surface area is 87.8 Å². The SMILES string of the molecule is C.C.CC(=O)[O-].CC(=O)[O-].[Pb+2]. The average Bonchev–Trinajstić information content (AvgIpc) is 1.25. The number of carbonyl (C=O) groups excluding carboxylic acids is 2. The Balaban J connectivity index is -0.0000000171. The van der Waals surface area contributed by atoms with Gasteiger partial charge in [-0.15, -0.1) is 0 Å². The molecule has 0 bridgehead atoms. The molecule has 66 valence electrons. The number of aliphatic carboxylic acids is 2. The van der Waals surface area contributed by atoms with E-state index < -0.39 is 11.9 Å². The first-order valence-corrected chi connectivity index (χ1v) is 1.82. The van der Waals surface area contributed by atoms with Crippen LogP contribution in [0.1, 0.15) is 28.7 Å². The smallest absolute Gasteiger partial charge is 0.550 e. The van der Waals surface area contributed by atoms with Crippen molar-refractivity contribution in [3.05, 3.63) is 0 Å². The third-order valence-electron chi connectivity index (χ3n) is 0. The Morgan fingerprint density at radius 3 is 0.909 bits per heavy atom. The van der Waals surface area contributed by atoms with E-state index in [4.69, 9.17) is 19.8 Å². The summed E-state index contributed by atoms with van der Waals surface area (Å²) >= 11 is 0. The summed E-state index contributed by atoms with van der Waals surface area (Å²) in [4.78, 5) is 17.8. The molecule has 11 heavy (non-hydrogen) atoms. The van der Waals surface area contributed by atoms with Gasteiger partial charge in [0.05, 0.1) is 0 Å². The molecule has 0 aromatic carbocycles. The Morgan fingerprint density at radius 1 is 0.909 bits per heavy atom. The van der Waals surface area contributed by atoms with E-state index in [2.05, 4.69) is 0 Å². The average molecular weight is 357 g/mol. The second-order valence-electron chi connectivity index (χ2n) is 0.983. The van der Waals surface area contributed by atoms with Crippen molar-refractivity contribution in [2.75, 3.05) is 0 Å². The van der Waals surface area contributed by atoms with Gasteiger partial charge in [0.25, 0.3) is 0 Å². The molecule has 0 amide bonds. The van der Waals surface area contributed by atoms with Crippen molar-refractivity contribution in [3.63, 3.8) is 0 Å². The first-order valence-electron chi connectivity index (χ1n) is 1.82. The molecule has 0 aliphatic heterocycles. The summed E-state index contributed by atoms with van der Waals surface area (Å²) in [7, 11) is 0. The van der Waals surface area contributed by atoms with E-state index in [1.165, 1.54) is 0 Å². The van der Waals surface area contributed by atoms with Crippen LogP contribution in [0.3, 0.4) is 0 Å². The van der Waals surface area contributed by atoms with E-state index in [9.17, 15) is 0 Å². The second-order valence-corrected chi connectivity index (χ2v) is 0.983. The minimum Gasteiger partial charge on any atom is -0.550 e. The molecule has 0 N–H and O–H groups in total. The Bertz CT molecular complexity index is 72.6. The fraction of sp³-hybridized carbons (Fsp3) is 0.667. The molecular formula is C6H14O4Pb. The zero-order valence-electron chi connectivity index (χ0n) is 5.13. The van der Waals surface area contributed by atoms with Crippen LogP contribution in [-0.2, 0) is 9.59 Å². The van der Waals surface area contributed by atoms with Gasteiger partial charge in [0, 0.05) is 11.9 Å². The molecular weight excluding hydrogens is 343 g/mol. The van der Waals surface area contributed by atoms with Crippen molar-refractivity contribution in [1.82, 2.24) is 0 Å². The Kier molecular flexibility index (Phi) is 63.0. The van der Waals surface area contributed by atoms with Gasteiger partial charge in [-0.05, 0) is 13.8 Å². The molecule has 5 heteroatoms. The molecule has 0 heterocycles. The summed E-state index contributed by atoms with van der Waals surface area (Å²) in [5.41, 5.74) is 0. The molecule has 0 aromatic heterocycles. The first-order chi connectivity index (χ1) is 3.46. The van der Waals surface area contributed by atoms with Crippen LogP contribution in [0.25, 0.3) is 0 Å². The zero-order chi connectivity index (χ0) is 7.15. The van der Waals surface area contributed by atoms with Gasteiger partial charge in [0.1, 0.15) is 0 Å². The van der Waals surface area contributed by atoms with Crippen LogP contribution in [0.5, 0.6) is 0 Å². The summed E-state index contributed by atoms with van der Waals surface area (Å²) in [6, 6.07) is 0. The van der Waals surface area contributed by atoms with Crippen LogP contribution < -0.4 is 10.2 Å². The van der Waals surface area contributed by atoms with Crippen molar-refractivity contribution in [2.24, 2.45) is 0 Å². The van der Waals surface area contributed by atoms with Crippen molar-refractivity contribution in [1.29, 1.82) is 0 Å². The van der Waals surface area contributed by atoms with Gasteiger partial charge in [0.2, 0.25) is 0 Å². The van der Waals surface area contributed by atoms with Gasteiger partial charge < -0.3 is 19.8 Å². The summed E-state index contributed by atoms with van der Waals surface area (Å²) in [6.07, 6.45) is 0. The number of hydrogen-bond acceptors (Lipinski definition) is 4. The maximum Gasteiger partial charge on any atom is 2.00 e. The van der Waals surface area contributed by atoms with E-state index in [-0.39, 0.29) is 42.2 Å². The van der Waals surface area contributed by atoms with E-state index in [0.29, 0.717) is 0 Å². The topological polar surface area (TPSA) is 80.3 Å². The van der Waals surface area contributed by atoms with Crippen molar-refractivity contribution in [3.8, 4) is 0 Å². The van der Waals surface area contributed by atoms with Crippen LogP contribution >= 0.6 is 0 Å². The maximum absolute atomic E-state index is 8.89. The molecule has 0 unspecified atom stereocenters. The maximum atomic E-state index is 8.89. The monoisotopic (exact) mass is 358 g/mol. The largest absolute Gasteiger partial charge is 2.00 e. The first kappa shape index (κ1) is 30.7. The molecule has 0 aliphatic carbocycles. The number of hydrogen-bond donors (Lipinski definition) is 0. The fourth-order valence-electron chi connectivity index (χ4n) is 0. The van der Waals surface area contributed by atoms with Gasteiger partial charge >= 0.3 is 27.3 Å². The van der Waals surface area contributed by atoms with Crippen molar-refractivity contribution >= 4 is 39.2 Å². The molecule has 2 radical (unpaired) electrons. The quantitative estimate of drug-likeness (QED) is 0.489. The summed E-state index contributed by atoms with van der Waals surface area (Å²) in [5.74, 6) is -2.17. The van der Waals surface area contributed by atoms with Gasteiger partial charge in [-0.3, -0.25) is 0 Å². The zero-order valence-corrected chi connectivity index (χ0v) is 9.02. The van der Waals surface area contributed by atoms with Crippen LogP contribution in [-0.4, -0.2) is 39.2 Å². The molecule has 0 aliphatic rings. The van der Waals surface area contributed by atoms with E-state index in [1.807, 2.05) is 0 Å². The Hall–Kier alpha value is -0.138. The third-order valence-corrected chi connectivity index (χ3v) is 0. The van der Waals surface area contributed by atoms with E-state index >= 15 is 0 Å². The molecule has 0 fully saturated rings. The minimum atomic E-state index is -1.08. The Morgan fingerprint density at radius 2 is 0.909 bits per heavy atom. The number of carboxylic acids is 2. The predicted molar refractivity (Wildman–Crippen MR) is 40.6 cm³/mol. The summed E-state index contributed by atoms with van der Waals surface area (Å²) in [5, 5.41) is 17.8. The third kappa shape index (κ3) is 32000. The standard InChI is InChI=1S/2C2H4O2.2CH4.Pb/c2*1-2(3)4;;;/h2*1H3,(H,3,4);2*1H4;/q;;;;+2/p-2. The van der Waals surface area contributed by atoms with E-state index in [1.54, 1.807) is 0 Å². The fourth-order valence-corrected chi connectivity index (χ4v) is 0. The van der Waals surface area contributed by atoms with Gasteiger partial charge in [-0.1, -0.05) is 14.9 Å². The molecule has 0 saturated heterocycles. The molecule has 0 spiro atoms. The van der Waals surface area contributed by atoms with Crippen LogP contribution in [0.4, 0.5) is 0 Å². The number of rotatable bonds is 0. The molecule has 0 saturated carbocycles. The van der Waals surface area contributed by atoms with Crippen LogP contribution in [0.15, 0.2) is 0 Å². The molecule has 4 nitrogen and oxygen atoms in total. The molecule has 0 aromatic rings. The summed E-state index contributed by atoms with van der Waals surface area (Å²) in [6.45, 7) is 1.94. The second kappa shape index (κ2) is 22.5. The molecule has 0 rings (SSSR count). The minimum absolute atomic E-state index is 0. The normalized spacial score (nSPS) is 4.55. The van der Waals surface area contributed by atoms with Gasteiger partial charge in [-0.2, -0.15) is 0 Å². The van der Waals surface area contributed by atoms with Crippen LogP contribution in [0.2, 0.25) is 0 Å². The van der Waals surface area contributed by atoms with Crippen LogP contribution in [0, 0.1) is 0 Å². The summed E-state index contributed by atoms with van der Waals surface area (Å²) < 4.78 is 0. The van der Waals surface area contributed by atoms with Crippen molar-refractivity contribution < 1.29 is 19.8 Å². The number of carbonyl (C=O) groups is 2. The van der Waals surface area contributed by atoms with Gasteiger partial charge in [0.15, 0.2) is 0 Å².